The molecule has 2 fully saturated rings. The minimum absolute atomic E-state index is 0.0161. The number of ether oxygens (including phenoxy) is 1. The summed E-state index contributed by atoms with van der Waals surface area (Å²) in [5.41, 5.74) is 2.23. The number of carbonyl (C=O) groups excluding carboxylic acids is 1. The molecule has 2 aliphatic heterocycles. The summed E-state index contributed by atoms with van der Waals surface area (Å²) in [6, 6.07) is 10.9. The molecular weight excluding hydrogens is 354 g/mol. The van der Waals surface area contributed by atoms with E-state index in [2.05, 4.69) is 27.4 Å². The molecule has 4 rings (SSSR count). The molecule has 3 heterocycles. The summed E-state index contributed by atoms with van der Waals surface area (Å²) in [5.74, 6) is 0. The molecule has 0 radical (unpaired) electrons. The number of nitrogens with one attached hydrogen (secondary N) is 1. The Labute approximate surface area is 166 Å². The smallest absolute Gasteiger partial charge is 0.317 e. The van der Waals surface area contributed by atoms with E-state index in [1.807, 2.05) is 40.2 Å². The van der Waals surface area contributed by atoms with Crippen LogP contribution >= 0.6 is 0 Å². The van der Waals surface area contributed by atoms with Crippen molar-refractivity contribution in [1.82, 2.24) is 24.9 Å². The van der Waals surface area contributed by atoms with Gasteiger partial charge in [0.1, 0.15) is 0 Å². The van der Waals surface area contributed by atoms with Gasteiger partial charge in [-0.1, -0.05) is 30.3 Å². The molecule has 2 aliphatic rings. The molecule has 0 saturated carbocycles. The number of aromatic nitrogens is 2. The summed E-state index contributed by atoms with van der Waals surface area (Å²) in [5, 5.41) is 7.43. The summed E-state index contributed by atoms with van der Waals surface area (Å²) in [6.45, 7) is 6.45. The number of carbonyl (C=O) groups is 1. The Morgan fingerprint density at radius 1 is 1.07 bits per heavy atom. The molecule has 1 aromatic carbocycles. The first-order chi connectivity index (χ1) is 13.8. The van der Waals surface area contributed by atoms with E-state index in [1.54, 1.807) is 0 Å². The second-order valence-electron chi connectivity index (χ2n) is 7.56. The fraction of sp³-hybridized carbons (Fsp3) is 0.524. The molecule has 0 aliphatic carbocycles. The van der Waals surface area contributed by atoms with Crippen LogP contribution in [0.25, 0.3) is 0 Å². The van der Waals surface area contributed by atoms with E-state index in [4.69, 9.17) is 4.74 Å². The number of benzene rings is 1. The van der Waals surface area contributed by atoms with Crippen LogP contribution in [0.5, 0.6) is 0 Å². The first-order valence-corrected chi connectivity index (χ1v) is 10.2. The van der Waals surface area contributed by atoms with Gasteiger partial charge in [0, 0.05) is 63.7 Å². The normalized spacial score (nSPS) is 18.9. The summed E-state index contributed by atoms with van der Waals surface area (Å²) in [6.07, 6.45) is 6.04. The molecule has 0 unspecified atom stereocenters. The topological polar surface area (TPSA) is 62.6 Å². The van der Waals surface area contributed by atoms with Gasteiger partial charge in [-0.3, -0.25) is 9.58 Å². The highest BCUT2D eigenvalue weighted by atomic mass is 16.5. The van der Waals surface area contributed by atoms with Gasteiger partial charge in [-0.2, -0.15) is 5.10 Å². The van der Waals surface area contributed by atoms with Crippen molar-refractivity contribution in [1.29, 1.82) is 0 Å². The molecule has 7 heteroatoms. The van der Waals surface area contributed by atoms with Gasteiger partial charge in [0.05, 0.1) is 12.7 Å². The third-order valence-electron chi connectivity index (χ3n) is 5.63. The molecule has 7 nitrogen and oxygen atoms in total. The van der Waals surface area contributed by atoms with Crippen LogP contribution in [0.2, 0.25) is 0 Å². The number of rotatable bonds is 5. The minimum Gasteiger partial charge on any atom is -0.381 e. The zero-order valence-corrected chi connectivity index (χ0v) is 16.3. The van der Waals surface area contributed by atoms with E-state index >= 15 is 0 Å². The first kappa shape index (κ1) is 19.0. The highest BCUT2D eigenvalue weighted by Crippen LogP contribution is 2.16. The van der Waals surface area contributed by atoms with Crippen molar-refractivity contribution in [3.8, 4) is 0 Å². The lowest BCUT2D eigenvalue weighted by Gasteiger charge is -2.40. The van der Waals surface area contributed by atoms with Crippen molar-refractivity contribution in [2.45, 2.75) is 32.0 Å². The van der Waals surface area contributed by atoms with Gasteiger partial charge in [0.15, 0.2) is 0 Å². The van der Waals surface area contributed by atoms with Crippen molar-refractivity contribution in [2.24, 2.45) is 0 Å². The maximum Gasteiger partial charge on any atom is 0.317 e. The van der Waals surface area contributed by atoms with Gasteiger partial charge in [0.25, 0.3) is 0 Å². The standard InChI is InChI=1S/C21H29N5O2/c27-21(25-10-8-24(9-11-25)20-6-12-28-13-7-20)22-14-19-15-23-26(17-19)16-18-4-2-1-3-5-18/h1-5,15,17,20H,6-14,16H2,(H,22,27). The molecule has 1 N–H and O–H groups in total. The van der Waals surface area contributed by atoms with Crippen LogP contribution < -0.4 is 5.32 Å². The van der Waals surface area contributed by atoms with E-state index in [0.29, 0.717) is 12.6 Å². The third kappa shape index (κ3) is 4.91. The van der Waals surface area contributed by atoms with Gasteiger partial charge in [-0.05, 0) is 18.4 Å². The Morgan fingerprint density at radius 3 is 2.57 bits per heavy atom. The average molecular weight is 383 g/mol. The van der Waals surface area contributed by atoms with Gasteiger partial charge >= 0.3 is 6.03 Å². The van der Waals surface area contributed by atoms with Gasteiger partial charge < -0.3 is 15.0 Å². The third-order valence-corrected chi connectivity index (χ3v) is 5.63. The Bertz CT molecular complexity index is 749. The highest BCUT2D eigenvalue weighted by molar-refractivity contribution is 5.74. The largest absolute Gasteiger partial charge is 0.381 e. The lowest BCUT2D eigenvalue weighted by Crippen LogP contribution is -2.54. The van der Waals surface area contributed by atoms with Crippen LogP contribution in [0.1, 0.15) is 24.0 Å². The number of amides is 2. The van der Waals surface area contributed by atoms with E-state index in [1.165, 1.54) is 5.56 Å². The number of urea groups is 1. The van der Waals surface area contributed by atoms with Gasteiger partial charge in [-0.25, -0.2) is 4.79 Å². The SMILES string of the molecule is O=C(NCc1cnn(Cc2ccccc2)c1)N1CCN(C2CCOCC2)CC1. The molecule has 1 aromatic heterocycles. The fourth-order valence-electron chi connectivity index (χ4n) is 3.98. The zero-order chi connectivity index (χ0) is 19.2. The summed E-state index contributed by atoms with van der Waals surface area (Å²) in [7, 11) is 0. The van der Waals surface area contributed by atoms with E-state index in [-0.39, 0.29) is 6.03 Å². The molecule has 2 aromatic rings. The lowest BCUT2D eigenvalue weighted by molar-refractivity contribution is 0.0187. The quantitative estimate of drug-likeness (QED) is 0.857. The van der Waals surface area contributed by atoms with Crippen molar-refractivity contribution in [2.75, 3.05) is 39.4 Å². The first-order valence-electron chi connectivity index (χ1n) is 10.2. The summed E-state index contributed by atoms with van der Waals surface area (Å²) in [4.78, 5) is 16.9. The molecule has 0 spiro atoms. The van der Waals surface area contributed by atoms with Crippen molar-refractivity contribution in [3.05, 3.63) is 53.9 Å². The van der Waals surface area contributed by atoms with Gasteiger partial charge in [-0.15, -0.1) is 0 Å². The van der Waals surface area contributed by atoms with Crippen LogP contribution in [0.15, 0.2) is 42.7 Å². The number of piperazine rings is 1. The van der Waals surface area contributed by atoms with Crippen LogP contribution in [0.3, 0.4) is 0 Å². The molecule has 150 valence electrons. The number of hydrogen-bond donors (Lipinski definition) is 1. The van der Waals surface area contributed by atoms with Crippen LogP contribution in [-0.4, -0.2) is 71.0 Å². The lowest BCUT2D eigenvalue weighted by atomic mass is 10.1. The predicted octanol–water partition coefficient (Wildman–Crippen LogP) is 1.94. The summed E-state index contributed by atoms with van der Waals surface area (Å²) >= 11 is 0. The molecule has 28 heavy (non-hydrogen) atoms. The van der Waals surface area contributed by atoms with E-state index in [9.17, 15) is 4.79 Å². The summed E-state index contributed by atoms with van der Waals surface area (Å²) < 4.78 is 7.36. The van der Waals surface area contributed by atoms with E-state index < -0.39 is 0 Å². The highest BCUT2D eigenvalue weighted by Gasteiger charge is 2.27. The maximum absolute atomic E-state index is 12.5. The fourth-order valence-corrected chi connectivity index (χ4v) is 3.98. The number of nitrogens with zero attached hydrogens (tertiary/aromatic N) is 4. The number of hydrogen-bond acceptors (Lipinski definition) is 4. The molecule has 2 saturated heterocycles. The van der Waals surface area contributed by atoms with Crippen LogP contribution in [0, 0.1) is 0 Å². The second kappa shape index (κ2) is 9.21. The Kier molecular flexibility index (Phi) is 6.24. The second-order valence-corrected chi connectivity index (χ2v) is 7.56. The molecular formula is C21H29N5O2. The maximum atomic E-state index is 12.5. The van der Waals surface area contributed by atoms with Crippen molar-refractivity contribution >= 4 is 6.03 Å². The average Bonchev–Trinajstić information content (AvgIpc) is 3.21. The van der Waals surface area contributed by atoms with Crippen molar-refractivity contribution in [3.63, 3.8) is 0 Å². The Balaban J connectivity index is 1.21. The van der Waals surface area contributed by atoms with E-state index in [0.717, 1.165) is 64.3 Å². The zero-order valence-electron chi connectivity index (χ0n) is 16.3. The molecule has 0 bridgehead atoms. The Hall–Kier alpha value is -2.38. The predicted molar refractivity (Wildman–Crippen MR) is 107 cm³/mol. The minimum atomic E-state index is 0.0161. The Morgan fingerprint density at radius 2 is 1.82 bits per heavy atom. The van der Waals surface area contributed by atoms with Gasteiger partial charge in [0.2, 0.25) is 0 Å². The molecule has 0 atom stereocenters. The van der Waals surface area contributed by atoms with Crippen LogP contribution in [0.4, 0.5) is 4.79 Å². The monoisotopic (exact) mass is 383 g/mol. The van der Waals surface area contributed by atoms with Crippen LogP contribution in [-0.2, 0) is 17.8 Å². The molecule has 2 amide bonds. The van der Waals surface area contributed by atoms with Crippen molar-refractivity contribution < 1.29 is 9.53 Å².